The third kappa shape index (κ3) is 2.74. The fourth-order valence-corrected chi connectivity index (χ4v) is 3.23. The Balaban J connectivity index is 1.78. The van der Waals surface area contributed by atoms with Crippen LogP contribution in [-0.4, -0.2) is 23.9 Å². The zero-order valence-electron chi connectivity index (χ0n) is 14.5. The highest BCUT2D eigenvalue weighted by Gasteiger charge is 2.16. The molecule has 3 heterocycles. The topological polar surface area (TPSA) is 71.8 Å². The van der Waals surface area contributed by atoms with E-state index in [1.54, 1.807) is 12.4 Å². The second-order valence-electron chi connectivity index (χ2n) is 6.08. The molecule has 128 valence electrons. The average Bonchev–Trinajstić information content (AvgIpc) is 3.27. The van der Waals surface area contributed by atoms with E-state index in [1.807, 2.05) is 47.3 Å². The van der Waals surface area contributed by atoms with Gasteiger partial charge in [0.1, 0.15) is 5.82 Å². The molecule has 0 N–H and O–H groups in total. The molecule has 4 aromatic rings. The van der Waals surface area contributed by atoms with Crippen LogP contribution in [0.25, 0.3) is 17.2 Å². The minimum Gasteiger partial charge on any atom is -0.325 e. The molecule has 26 heavy (non-hydrogen) atoms. The van der Waals surface area contributed by atoms with E-state index < -0.39 is 0 Å². The summed E-state index contributed by atoms with van der Waals surface area (Å²) in [7, 11) is 0. The van der Waals surface area contributed by atoms with Crippen molar-refractivity contribution in [3.8, 4) is 17.5 Å². The molecule has 0 bridgehead atoms. The maximum atomic E-state index is 9.40. The number of nitriles is 1. The van der Waals surface area contributed by atoms with E-state index in [0.29, 0.717) is 17.9 Å². The van der Waals surface area contributed by atoms with Gasteiger partial charge in [-0.25, -0.2) is 15.0 Å². The molecular formula is C20H18N6. The summed E-state index contributed by atoms with van der Waals surface area (Å²) in [6.07, 6.45) is 9.41. The third-order valence-corrected chi connectivity index (χ3v) is 4.40. The molecule has 0 amide bonds. The van der Waals surface area contributed by atoms with Crippen molar-refractivity contribution in [2.24, 2.45) is 0 Å². The Bertz CT molecular complexity index is 1100. The predicted molar refractivity (Wildman–Crippen MR) is 98.5 cm³/mol. The van der Waals surface area contributed by atoms with Gasteiger partial charge >= 0.3 is 0 Å². The maximum absolute atomic E-state index is 9.40. The van der Waals surface area contributed by atoms with Crippen LogP contribution in [0.2, 0.25) is 0 Å². The van der Waals surface area contributed by atoms with Gasteiger partial charge in [-0.2, -0.15) is 5.26 Å². The van der Waals surface area contributed by atoms with Gasteiger partial charge in [0.15, 0.2) is 0 Å². The first-order valence-corrected chi connectivity index (χ1v) is 8.63. The van der Waals surface area contributed by atoms with Crippen LogP contribution in [0.3, 0.4) is 0 Å². The second-order valence-corrected chi connectivity index (χ2v) is 6.08. The molecule has 0 aliphatic rings. The largest absolute Gasteiger partial charge is 0.325 e. The van der Waals surface area contributed by atoms with Gasteiger partial charge in [-0.1, -0.05) is 25.5 Å². The Hall–Kier alpha value is -3.46. The Morgan fingerprint density at radius 3 is 2.81 bits per heavy atom. The van der Waals surface area contributed by atoms with E-state index >= 15 is 0 Å². The first-order valence-electron chi connectivity index (χ1n) is 8.63. The summed E-state index contributed by atoms with van der Waals surface area (Å²) >= 11 is 0. The molecule has 4 rings (SSSR count). The summed E-state index contributed by atoms with van der Waals surface area (Å²) in [5.74, 6) is 1.49. The smallest absolute Gasteiger partial charge is 0.234 e. The van der Waals surface area contributed by atoms with Crippen molar-refractivity contribution in [1.82, 2.24) is 23.9 Å². The van der Waals surface area contributed by atoms with Gasteiger partial charge in [0, 0.05) is 36.0 Å². The zero-order chi connectivity index (χ0) is 17.9. The second kappa shape index (κ2) is 6.81. The van der Waals surface area contributed by atoms with Crippen molar-refractivity contribution >= 4 is 5.78 Å². The van der Waals surface area contributed by atoms with Gasteiger partial charge in [-0.3, -0.25) is 4.40 Å². The van der Waals surface area contributed by atoms with Gasteiger partial charge in [-0.15, -0.1) is 0 Å². The highest BCUT2D eigenvalue weighted by Crippen LogP contribution is 2.23. The Morgan fingerprint density at radius 1 is 1.08 bits per heavy atom. The summed E-state index contributed by atoms with van der Waals surface area (Å²) in [5, 5.41) is 9.40. The highest BCUT2D eigenvalue weighted by molar-refractivity contribution is 5.64. The van der Waals surface area contributed by atoms with Gasteiger partial charge in [0.25, 0.3) is 0 Å². The lowest BCUT2D eigenvalue weighted by Crippen LogP contribution is -2.05. The summed E-state index contributed by atoms with van der Waals surface area (Å²) < 4.78 is 4.09. The number of imidazole rings is 2. The number of rotatable bonds is 5. The van der Waals surface area contributed by atoms with E-state index in [4.69, 9.17) is 4.98 Å². The van der Waals surface area contributed by atoms with E-state index in [1.165, 1.54) is 5.69 Å². The van der Waals surface area contributed by atoms with Crippen molar-refractivity contribution in [1.29, 1.82) is 5.26 Å². The molecule has 0 spiro atoms. The number of fused-ring (bicyclic) bond motifs is 1. The lowest BCUT2D eigenvalue weighted by molar-refractivity contribution is 0.759. The van der Waals surface area contributed by atoms with Crippen LogP contribution in [0.1, 0.15) is 30.3 Å². The van der Waals surface area contributed by atoms with Crippen LogP contribution in [0.5, 0.6) is 0 Å². The summed E-state index contributed by atoms with van der Waals surface area (Å²) in [4.78, 5) is 13.6. The highest BCUT2D eigenvalue weighted by atomic mass is 15.1. The number of aromatic nitrogens is 5. The van der Waals surface area contributed by atoms with E-state index in [-0.39, 0.29) is 0 Å². The number of hydrogen-bond donors (Lipinski definition) is 0. The predicted octanol–water partition coefficient (Wildman–Crippen LogP) is 3.47. The molecule has 1 aromatic carbocycles. The molecule has 6 nitrogen and oxygen atoms in total. The average molecular weight is 342 g/mol. The minimum absolute atomic E-state index is 0.591. The van der Waals surface area contributed by atoms with Gasteiger partial charge in [-0.05, 0) is 24.6 Å². The third-order valence-electron chi connectivity index (χ3n) is 4.40. The first kappa shape index (κ1) is 16.0. The minimum atomic E-state index is 0.591. The van der Waals surface area contributed by atoms with Crippen molar-refractivity contribution in [2.75, 3.05) is 0 Å². The number of nitrogens with zero attached hydrogens (tertiary/aromatic N) is 6. The van der Waals surface area contributed by atoms with Gasteiger partial charge < -0.3 is 4.57 Å². The number of hydrogen-bond acceptors (Lipinski definition) is 4. The molecule has 0 unspecified atom stereocenters. The van der Waals surface area contributed by atoms with Crippen LogP contribution in [0.4, 0.5) is 0 Å². The Labute approximate surface area is 151 Å². The molecule has 0 aliphatic heterocycles. The lowest BCUT2D eigenvalue weighted by atomic mass is 10.1. The fourth-order valence-electron chi connectivity index (χ4n) is 3.23. The molecular weight excluding hydrogens is 324 g/mol. The Morgan fingerprint density at radius 2 is 1.96 bits per heavy atom. The van der Waals surface area contributed by atoms with Crippen molar-refractivity contribution < 1.29 is 0 Å². The lowest BCUT2D eigenvalue weighted by Gasteiger charge is -2.09. The van der Waals surface area contributed by atoms with Crippen molar-refractivity contribution in [3.63, 3.8) is 0 Å². The monoisotopic (exact) mass is 342 g/mol. The first-order chi connectivity index (χ1) is 12.8. The fraction of sp³-hybridized carbons (Fsp3) is 0.200. The molecule has 0 radical (unpaired) electrons. The molecule has 0 atom stereocenters. The molecule has 0 fully saturated rings. The zero-order valence-corrected chi connectivity index (χ0v) is 14.5. The summed E-state index contributed by atoms with van der Waals surface area (Å²) in [6, 6.07) is 11.7. The molecule has 6 heteroatoms. The van der Waals surface area contributed by atoms with Crippen LogP contribution >= 0.6 is 0 Å². The van der Waals surface area contributed by atoms with Crippen LogP contribution < -0.4 is 0 Å². The van der Waals surface area contributed by atoms with Crippen molar-refractivity contribution in [3.05, 3.63) is 72.1 Å². The van der Waals surface area contributed by atoms with Crippen LogP contribution in [-0.2, 0) is 13.0 Å². The molecule has 3 aromatic heterocycles. The van der Waals surface area contributed by atoms with Gasteiger partial charge in [0.2, 0.25) is 5.78 Å². The molecule has 0 aliphatic carbocycles. The normalized spacial score (nSPS) is 10.9. The number of benzene rings is 1. The quantitative estimate of drug-likeness (QED) is 0.557. The van der Waals surface area contributed by atoms with E-state index in [2.05, 4.69) is 27.4 Å². The summed E-state index contributed by atoms with van der Waals surface area (Å²) in [6.45, 7) is 2.75. The number of aryl methyl sites for hydroxylation is 1. The summed E-state index contributed by atoms with van der Waals surface area (Å²) in [5.41, 5.74) is 3.60. The van der Waals surface area contributed by atoms with E-state index in [0.717, 1.165) is 29.9 Å². The van der Waals surface area contributed by atoms with Gasteiger partial charge in [0.05, 0.1) is 23.9 Å². The maximum Gasteiger partial charge on any atom is 0.234 e. The Kier molecular flexibility index (Phi) is 4.20. The standard InChI is InChI=1S/C20H18N6/c1-2-6-18-17(24-20-23-9-5-11-26(18)20)14-25-12-10-22-19(25)16-8-4-3-7-15(16)13-21/h3-5,7-12H,2,6,14H2,1H3. The van der Waals surface area contributed by atoms with Crippen LogP contribution in [0, 0.1) is 11.3 Å². The van der Waals surface area contributed by atoms with E-state index in [9.17, 15) is 5.26 Å². The molecule has 0 saturated heterocycles. The van der Waals surface area contributed by atoms with Crippen molar-refractivity contribution in [2.45, 2.75) is 26.3 Å². The van der Waals surface area contributed by atoms with Crippen LogP contribution in [0.15, 0.2) is 55.1 Å². The molecule has 0 saturated carbocycles. The SMILES string of the molecule is CCCc1c(Cn2ccnc2-c2ccccc2C#N)nc2ncccn12.